The van der Waals surface area contributed by atoms with E-state index in [1.165, 1.54) is 6.08 Å². The standard InChI is InChI=1S/C22H24F3N7OS2/c23-22(24,25)17-15(13-16-18(33)28-21(34)35-16)19(32(29-17)14-5-2-1-3-6-14)30-9-11-31(12-10-30)20-26-7-4-8-27-20/h4,7-8,13-14H,1-3,5-6,9-12H2,(H,28,33,34)/b16-13-. The molecule has 2 aliphatic heterocycles. The first-order valence-electron chi connectivity index (χ1n) is 11.5. The van der Waals surface area contributed by atoms with Crippen molar-refractivity contribution in [1.82, 2.24) is 25.1 Å². The minimum absolute atomic E-state index is 0.0742. The van der Waals surface area contributed by atoms with Gasteiger partial charge in [0.2, 0.25) is 5.95 Å². The zero-order valence-electron chi connectivity index (χ0n) is 18.8. The molecule has 2 aromatic heterocycles. The highest BCUT2D eigenvalue weighted by atomic mass is 32.2. The molecular formula is C22H24F3N7OS2. The topological polar surface area (TPSA) is 79.2 Å². The Labute approximate surface area is 210 Å². The highest BCUT2D eigenvalue weighted by Gasteiger charge is 2.42. The number of nitrogens with zero attached hydrogens (tertiary/aromatic N) is 6. The van der Waals surface area contributed by atoms with Crippen molar-refractivity contribution in [3.8, 4) is 0 Å². The van der Waals surface area contributed by atoms with Crippen molar-refractivity contribution in [2.75, 3.05) is 36.0 Å². The van der Waals surface area contributed by atoms with Crippen LogP contribution >= 0.6 is 24.0 Å². The van der Waals surface area contributed by atoms with Gasteiger partial charge in [0.25, 0.3) is 5.91 Å². The third kappa shape index (κ3) is 5.01. The zero-order valence-corrected chi connectivity index (χ0v) is 20.4. The van der Waals surface area contributed by atoms with E-state index in [1.807, 2.05) is 9.80 Å². The SMILES string of the molecule is O=C1NC(=S)S/C1=C\c1c(C(F)(F)F)nn(C2CCCCC2)c1N1CCN(c2ncccn2)CC1. The molecular weight excluding hydrogens is 499 g/mol. The number of nitrogens with one attached hydrogen (secondary N) is 1. The van der Waals surface area contributed by atoms with Crippen LogP contribution in [0.4, 0.5) is 24.9 Å². The van der Waals surface area contributed by atoms with Gasteiger partial charge in [-0.05, 0) is 25.0 Å². The van der Waals surface area contributed by atoms with E-state index in [9.17, 15) is 18.0 Å². The molecule has 3 aliphatic rings. The van der Waals surface area contributed by atoms with Gasteiger partial charge in [0.1, 0.15) is 10.1 Å². The number of hydrogen-bond donors (Lipinski definition) is 1. The number of thioether (sulfide) groups is 1. The van der Waals surface area contributed by atoms with Crippen LogP contribution in [0.1, 0.15) is 49.4 Å². The van der Waals surface area contributed by atoms with E-state index >= 15 is 0 Å². The lowest BCUT2D eigenvalue weighted by molar-refractivity contribution is -0.141. The third-order valence-electron chi connectivity index (χ3n) is 6.44. The highest BCUT2D eigenvalue weighted by Crippen LogP contribution is 2.42. The van der Waals surface area contributed by atoms with E-state index < -0.39 is 17.8 Å². The molecule has 2 aromatic rings. The summed E-state index contributed by atoms with van der Waals surface area (Å²) in [5.74, 6) is 0.519. The van der Waals surface area contributed by atoms with Crippen LogP contribution in [0.2, 0.25) is 0 Å². The van der Waals surface area contributed by atoms with Crippen LogP contribution in [-0.2, 0) is 11.0 Å². The van der Waals surface area contributed by atoms with Crippen LogP contribution in [-0.4, -0.2) is 56.2 Å². The molecule has 13 heteroatoms. The summed E-state index contributed by atoms with van der Waals surface area (Å²) in [5, 5.41) is 6.62. The summed E-state index contributed by atoms with van der Waals surface area (Å²) >= 11 is 6.01. The smallest absolute Gasteiger partial charge is 0.353 e. The summed E-state index contributed by atoms with van der Waals surface area (Å²) in [6.07, 6.45) is 4.50. The number of alkyl halides is 3. The second-order valence-corrected chi connectivity index (χ2v) is 10.4. The fourth-order valence-electron chi connectivity index (χ4n) is 4.80. The Hall–Kier alpha value is -2.67. The Bertz CT molecular complexity index is 1140. The van der Waals surface area contributed by atoms with E-state index in [0.717, 1.165) is 43.9 Å². The van der Waals surface area contributed by atoms with E-state index in [0.29, 0.717) is 37.9 Å². The number of thiocarbonyl (C=S) groups is 1. The van der Waals surface area contributed by atoms with E-state index in [4.69, 9.17) is 12.2 Å². The average Bonchev–Trinajstić information content (AvgIpc) is 3.39. The number of anilines is 2. The van der Waals surface area contributed by atoms with Gasteiger partial charge < -0.3 is 15.1 Å². The number of amides is 1. The molecule has 35 heavy (non-hydrogen) atoms. The molecule has 4 heterocycles. The quantitative estimate of drug-likeness (QED) is 0.476. The van der Waals surface area contributed by atoms with E-state index in [1.54, 1.807) is 23.1 Å². The minimum Gasteiger partial charge on any atom is -0.353 e. The van der Waals surface area contributed by atoms with Crippen molar-refractivity contribution in [1.29, 1.82) is 0 Å². The van der Waals surface area contributed by atoms with Crippen LogP contribution in [0.3, 0.4) is 0 Å². The maximum Gasteiger partial charge on any atom is 0.435 e. The molecule has 1 amide bonds. The number of rotatable bonds is 4. The molecule has 0 radical (unpaired) electrons. The Morgan fingerprint density at radius 3 is 2.31 bits per heavy atom. The van der Waals surface area contributed by atoms with Gasteiger partial charge in [0, 0.05) is 38.6 Å². The summed E-state index contributed by atoms with van der Waals surface area (Å²) in [4.78, 5) is 25.0. The molecule has 0 aromatic carbocycles. The van der Waals surface area contributed by atoms with Gasteiger partial charge in [-0.25, -0.2) is 14.6 Å². The lowest BCUT2D eigenvalue weighted by Gasteiger charge is -2.37. The zero-order chi connectivity index (χ0) is 24.6. The summed E-state index contributed by atoms with van der Waals surface area (Å²) in [6, 6.07) is 1.62. The lowest BCUT2D eigenvalue weighted by atomic mass is 9.95. The largest absolute Gasteiger partial charge is 0.435 e. The predicted molar refractivity (Wildman–Crippen MR) is 132 cm³/mol. The fourth-order valence-corrected chi connectivity index (χ4v) is 5.83. The first-order valence-corrected chi connectivity index (χ1v) is 12.7. The number of piperazine rings is 1. The van der Waals surface area contributed by atoms with Crippen molar-refractivity contribution in [3.63, 3.8) is 0 Å². The Morgan fingerprint density at radius 2 is 1.71 bits per heavy atom. The number of halogens is 3. The number of carbonyl (C=O) groups is 1. The minimum atomic E-state index is -4.67. The van der Waals surface area contributed by atoms with Gasteiger partial charge in [-0.3, -0.25) is 4.79 Å². The predicted octanol–water partition coefficient (Wildman–Crippen LogP) is 4.01. The van der Waals surface area contributed by atoms with Crippen molar-refractivity contribution >= 4 is 52.0 Å². The number of carbonyl (C=O) groups excluding carboxylic acids is 1. The van der Waals surface area contributed by atoms with Crippen LogP contribution in [0.25, 0.3) is 6.08 Å². The van der Waals surface area contributed by atoms with Crippen molar-refractivity contribution < 1.29 is 18.0 Å². The lowest BCUT2D eigenvalue weighted by Crippen LogP contribution is -2.48. The summed E-state index contributed by atoms with van der Waals surface area (Å²) in [5.41, 5.74) is -1.04. The van der Waals surface area contributed by atoms with Gasteiger partial charge in [-0.1, -0.05) is 43.2 Å². The highest BCUT2D eigenvalue weighted by molar-refractivity contribution is 8.26. The Kier molecular flexibility index (Phi) is 6.71. The van der Waals surface area contributed by atoms with Gasteiger partial charge in [0.15, 0.2) is 5.69 Å². The summed E-state index contributed by atoms with van der Waals surface area (Å²) in [6.45, 7) is 2.05. The third-order valence-corrected chi connectivity index (χ3v) is 7.60. The Morgan fingerprint density at radius 1 is 1.06 bits per heavy atom. The molecule has 186 valence electrons. The van der Waals surface area contributed by atoms with Crippen LogP contribution in [0, 0.1) is 0 Å². The van der Waals surface area contributed by atoms with Crippen molar-refractivity contribution in [2.24, 2.45) is 0 Å². The second-order valence-electron chi connectivity index (χ2n) is 8.70. The van der Waals surface area contributed by atoms with Crippen molar-refractivity contribution in [2.45, 2.75) is 44.3 Å². The molecule has 0 atom stereocenters. The first-order chi connectivity index (χ1) is 16.8. The van der Waals surface area contributed by atoms with Gasteiger partial charge in [-0.2, -0.15) is 18.3 Å². The molecule has 1 saturated carbocycles. The molecule has 0 spiro atoms. The number of aromatic nitrogens is 4. The van der Waals surface area contributed by atoms with Crippen molar-refractivity contribution in [3.05, 3.63) is 34.6 Å². The molecule has 0 unspecified atom stereocenters. The molecule has 5 rings (SSSR count). The molecule has 3 fully saturated rings. The summed E-state index contributed by atoms with van der Waals surface area (Å²) < 4.78 is 44.5. The average molecular weight is 524 g/mol. The molecule has 1 N–H and O–H groups in total. The number of hydrogen-bond acceptors (Lipinski definition) is 8. The normalized spacial score (nSPS) is 21.2. The maximum absolute atomic E-state index is 14.2. The van der Waals surface area contributed by atoms with Gasteiger partial charge in [0.05, 0.1) is 16.5 Å². The van der Waals surface area contributed by atoms with E-state index in [2.05, 4.69) is 20.4 Å². The van der Waals surface area contributed by atoms with Crippen LogP contribution in [0.5, 0.6) is 0 Å². The first kappa shape index (κ1) is 24.0. The fraction of sp³-hybridized carbons (Fsp3) is 0.500. The van der Waals surface area contributed by atoms with Gasteiger partial charge in [-0.15, -0.1) is 0 Å². The van der Waals surface area contributed by atoms with E-state index in [-0.39, 0.29) is 20.8 Å². The van der Waals surface area contributed by atoms with Crippen LogP contribution in [0.15, 0.2) is 23.4 Å². The summed E-state index contributed by atoms with van der Waals surface area (Å²) in [7, 11) is 0. The molecule has 8 nitrogen and oxygen atoms in total. The monoisotopic (exact) mass is 523 g/mol. The molecule has 0 bridgehead atoms. The maximum atomic E-state index is 14.2. The molecule has 1 aliphatic carbocycles. The second kappa shape index (κ2) is 9.76. The molecule has 2 saturated heterocycles. The van der Waals surface area contributed by atoms with Crippen LogP contribution < -0.4 is 15.1 Å². The van der Waals surface area contributed by atoms with Gasteiger partial charge >= 0.3 is 6.18 Å². The Balaban J connectivity index is 1.56.